The summed E-state index contributed by atoms with van der Waals surface area (Å²) in [5.41, 5.74) is 2.59. The molecule has 0 radical (unpaired) electrons. The Labute approximate surface area is 132 Å². The van der Waals surface area contributed by atoms with Crippen LogP contribution in [0.3, 0.4) is 0 Å². The summed E-state index contributed by atoms with van der Waals surface area (Å²) in [7, 11) is 0. The maximum absolute atomic E-state index is 12.3. The first-order valence-corrected chi connectivity index (χ1v) is 7.06. The molecule has 2 aromatic carbocycles. The van der Waals surface area contributed by atoms with Crippen LogP contribution in [0.5, 0.6) is 0 Å². The van der Waals surface area contributed by atoms with E-state index in [1.807, 2.05) is 42.5 Å². The van der Waals surface area contributed by atoms with Crippen molar-refractivity contribution in [1.82, 2.24) is 15.4 Å². The molecule has 0 aliphatic carbocycles. The van der Waals surface area contributed by atoms with Crippen molar-refractivity contribution in [2.45, 2.75) is 0 Å². The van der Waals surface area contributed by atoms with E-state index >= 15 is 0 Å². The largest absolute Gasteiger partial charge is 0.287 e. The Kier molecular flexibility index (Phi) is 4.12. The lowest BCUT2D eigenvalue weighted by Crippen LogP contribution is -1.97. The molecule has 5 heteroatoms. The molecule has 0 saturated heterocycles. The fourth-order valence-corrected chi connectivity index (χ4v) is 2.15. The zero-order valence-electron chi connectivity index (χ0n) is 11.5. The van der Waals surface area contributed by atoms with Gasteiger partial charge in [0.15, 0.2) is 5.69 Å². The van der Waals surface area contributed by atoms with Crippen molar-refractivity contribution >= 4 is 23.5 Å². The van der Waals surface area contributed by atoms with Crippen LogP contribution in [-0.2, 0) is 0 Å². The SMILES string of the molecule is O=C(/C=C/c1ccc(Cl)cc1)c1n[nH]nc1-c1ccccc1. The second-order valence-corrected chi connectivity index (χ2v) is 5.07. The number of hydrogen-bond acceptors (Lipinski definition) is 3. The molecule has 0 atom stereocenters. The zero-order chi connectivity index (χ0) is 15.4. The number of aromatic nitrogens is 3. The normalized spacial score (nSPS) is 11.0. The van der Waals surface area contributed by atoms with Crippen LogP contribution in [0.2, 0.25) is 5.02 Å². The van der Waals surface area contributed by atoms with Gasteiger partial charge in [0.2, 0.25) is 5.78 Å². The highest BCUT2D eigenvalue weighted by Crippen LogP contribution is 2.20. The van der Waals surface area contributed by atoms with Gasteiger partial charge in [-0.1, -0.05) is 60.1 Å². The molecule has 0 saturated carbocycles. The van der Waals surface area contributed by atoms with E-state index in [2.05, 4.69) is 15.4 Å². The summed E-state index contributed by atoms with van der Waals surface area (Å²) in [4.78, 5) is 12.3. The van der Waals surface area contributed by atoms with E-state index in [0.717, 1.165) is 11.1 Å². The van der Waals surface area contributed by atoms with Crippen LogP contribution in [0.1, 0.15) is 16.1 Å². The van der Waals surface area contributed by atoms with E-state index in [0.29, 0.717) is 16.4 Å². The third-order valence-electron chi connectivity index (χ3n) is 3.13. The number of hydrogen-bond donors (Lipinski definition) is 1. The first-order chi connectivity index (χ1) is 10.7. The molecular formula is C17H12ClN3O. The maximum atomic E-state index is 12.3. The molecule has 0 aliphatic rings. The standard InChI is InChI=1S/C17H12ClN3O/c18-14-9-6-12(7-10-14)8-11-15(22)17-16(19-21-20-17)13-4-2-1-3-5-13/h1-11H,(H,19,20,21)/b11-8+. The number of aromatic amines is 1. The molecule has 4 nitrogen and oxygen atoms in total. The van der Waals surface area contributed by atoms with Crippen molar-refractivity contribution in [2.24, 2.45) is 0 Å². The third-order valence-corrected chi connectivity index (χ3v) is 3.38. The smallest absolute Gasteiger partial charge is 0.208 e. The maximum Gasteiger partial charge on any atom is 0.208 e. The highest BCUT2D eigenvalue weighted by Gasteiger charge is 2.15. The third kappa shape index (κ3) is 3.13. The highest BCUT2D eigenvalue weighted by molar-refractivity contribution is 6.30. The average Bonchev–Trinajstić information content (AvgIpc) is 3.04. The molecule has 22 heavy (non-hydrogen) atoms. The van der Waals surface area contributed by atoms with Crippen LogP contribution in [0, 0.1) is 0 Å². The minimum atomic E-state index is -0.206. The number of carbonyl (C=O) groups excluding carboxylic acids is 1. The van der Waals surface area contributed by atoms with Gasteiger partial charge in [-0.3, -0.25) is 4.79 Å². The molecule has 3 aromatic rings. The van der Waals surface area contributed by atoms with Crippen LogP contribution < -0.4 is 0 Å². The van der Waals surface area contributed by atoms with Gasteiger partial charge >= 0.3 is 0 Å². The number of H-pyrrole nitrogens is 1. The molecule has 0 unspecified atom stereocenters. The summed E-state index contributed by atoms with van der Waals surface area (Å²) in [6, 6.07) is 16.7. The average molecular weight is 310 g/mol. The van der Waals surface area contributed by atoms with Crippen LogP contribution in [0.25, 0.3) is 17.3 Å². The summed E-state index contributed by atoms with van der Waals surface area (Å²) in [6.45, 7) is 0. The Morgan fingerprint density at radius 2 is 1.73 bits per heavy atom. The minimum Gasteiger partial charge on any atom is -0.287 e. The fourth-order valence-electron chi connectivity index (χ4n) is 2.02. The zero-order valence-corrected chi connectivity index (χ0v) is 12.3. The number of allylic oxidation sites excluding steroid dienone is 1. The van der Waals surface area contributed by atoms with E-state index in [1.165, 1.54) is 6.08 Å². The van der Waals surface area contributed by atoms with Gasteiger partial charge in [-0.05, 0) is 23.8 Å². The number of halogens is 1. The molecule has 1 aromatic heterocycles. The Morgan fingerprint density at radius 1 is 1.00 bits per heavy atom. The summed E-state index contributed by atoms with van der Waals surface area (Å²) in [5.74, 6) is -0.206. The van der Waals surface area contributed by atoms with E-state index in [-0.39, 0.29) is 5.78 Å². The van der Waals surface area contributed by atoms with E-state index in [4.69, 9.17) is 11.6 Å². The summed E-state index contributed by atoms with van der Waals surface area (Å²) >= 11 is 5.83. The minimum absolute atomic E-state index is 0.206. The first-order valence-electron chi connectivity index (χ1n) is 6.68. The Bertz CT molecular complexity index is 807. The molecule has 0 aliphatic heterocycles. The molecule has 1 heterocycles. The molecule has 1 N–H and O–H groups in total. The predicted octanol–water partition coefficient (Wildman–Crippen LogP) is 4.02. The summed E-state index contributed by atoms with van der Waals surface area (Å²) in [6.07, 6.45) is 3.20. The molecule has 0 fully saturated rings. The van der Waals surface area contributed by atoms with Crippen molar-refractivity contribution in [2.75, 3.05) is 0 Å². The van der Waals surface area contributed by atoms with Crippen LogP contribution >= 0.6 is 11.6 Å². The fraction of sp³-hybridized carbons (Fsp3) is 0. The summed E-state index contributed by atoms with van der Waals surface area (Å²) in [5, 5.41) is 11.2. The van der Waals surface area contributed by atoms with Crippen molar-refractivity contribution in [3.8, 4) is 11.3 Å². The monoisotopic (exact) mass is 309 g/mol. The summed E-state index contributed by atoms with van der Waals surface area (Å²) < 4.78 is 0. The van der Waals surface area contributed by atoms with Crippen LogP contribution in [0.4, 0.5) is 0 Å². The quantitative estimate of drug-likeness (QED) is 0.585. The molecule has 0 amide bonds. The van der Waals surface area contributed by atoms with Gasteiger partial charge in [0.05, 0.1) is 0 Å². The van der Waals surface area contributed by atoms with Gasteiger partial charge in [-0.2, -0.15) is 15.4 Å². The van der Waals surface area contributed by atoms with Crippen molar-refractivity contribution in [1.29, 1.82) is 0 Å². The van der Waals surface area contributed by atoms with Gasteiger partial charge < -0.3 is 0 Å². The number of ketones is 1. The molecule has 0 spiro atoms. The van der Waals surface area contributed by atoms with E-state index in [1.54, 1.807) is 18.2 Å². The predicted molar refractivity (Wildman–Crippen MR) is 86.6 cm³/mol. The lowest BCUT2D eigenvalue weighted by molar-refractivity contribution is 0.104. The molecule has 0 bridgehead atoms. The van der Waals surface area contributed by atoms with Gasteiger partial charge in [0.1, 0.15) is 5.69 Å². The Balaban J connectivity index is 1.85. The van der Waals surface area contributed by atoms with Gasteiger partial charge in [0.25, 0.3) is 0 Å². The second-order valence-electron chi connectivity index (χ2n) is 4.64. The second kappa shape index (κ2) is 6.37. The topological polar surface area (TPSA) is 58.6 Å². The number of carbonyl (C=O) groups is 1. The van der Waals surface area contributed by atoms with Gasteiger partial charge in [0, 0.05) is 10.6 Å². The molecule has 108 valence electrons. The lowest BCUT2D eigenvalue weighted by Gasteiger charge is -1.97. The van der Waals surface area contributed by atoms with Gasteiger partial charge in [-0.15, -0.1) is 0 Å². The Morgan fingerprint density at radius 3 is 2.45 bits per heavy atom. The van der Waals surface area contributed by atoms with Crippen LogP contribution in [-0.4, -0.2) is 21.2 Å². The molecule has 3 rings (SSSR count). The van der Waals surface area contributed by atoms with E-state index < -0.39 is 0 Å². The first kappa shape index (κ1) is 14.2. The van der Waals surface area contributed by atoms with Crippen molar-refractivity contribution < 1.29 is 4.79 Å². The number of nitrogens with zero attached hydrogens (tertiary/aromatic N) is 2. The van der Waals surface area contributed by atoms with Crippen molar-refractivity contribution in [3.05, 3.63) is 77.0 Å². The lowest BCUT2D eigenvalue weighted by atomic mass is 10.1. The number of benzene rings is 2. The number of nitrogens with one attached hydrogen (secondary N) is 1. The van der Waals surface area contributed by atoms with Gasteiger partial charge in [-0.25, -0.2) is 0 Å². The Hall–Kier alpha value is -2.72. The van der Waals surface area contributed by atoms with Crippen LogP contribution in [0.15, 0.2) is 60.7 Å². The van der Waals surface area contributed by atoms with E-state index in [9.17, 15) is 4.79 Å². The molecular weight excluding hydrogens is 298 g/mol. The highest BCUT2D eigenvalue weighted by atomic mass is 35.5. The number of rotatable bonds is 4. The van der Waals surface area contributed by atoms with Crippen molar-refractivity contribution in [3.63, 3.8) is 0 Å².